The molecule has 0 spiro atoms. The number of aryl methyl sites for hydroxylation is 2. The Kier molecular flexibility index (Phi) is 5.12. The largest absolute Gasteiger partial charge is 0.339 e. The Bertz CT molecular complexity index is 1030. The number of carbonyl (C=O) groups is 1. The molecule has 4 heterocycles. The number of nitrogens with zero attached hydrogens (tertiary/aromatic N) is 3. The van der Waals surface area contributed by atoms with E-state index in [2.05, 4.69) is 38.6 Å². The zero-order chi connectivity index (χ0) is 18.6. The van der Waals surface area contributed by atoms with E-state index in [0.29, 0.717) is 36.8 Å². The molecule has 0 radical (unpaired) electrons. The van der Waals surface area contributed by atoms with Crippen LogP contribution in [0.5, 0.6) is 0 Å². The summed E-state index contributed by atoms with van der Waals surface area (Å²) < 4.78 is 5.24. The van der Waals surface area contributed by atoms with Crippen molar-refractivity contribution < 1.29 is 9.32 Å². The van der Waals surface area contributed by atoms with Crippen molar-refractivity contribution in [1.29, 1.82) is 0 Å². The molecule has 0 atom stereocenters. The summed E-state index contributed by atoms with van der Waals surface area (Å²) in [5.41, 5.74) is 0.898. The minimum absolute atomic E-state index is 0.0894. The van der Waals surface area contributed by atoms with Crippen LogP contribution in [0.3, 0.4) is 0 Å². The smallest absolute Gasteiger partial charge is 0.226 e. The first-order valence-electron chi connectivity index (χ1n) is 8.46. The number of thiophene rings is 2. The highest BCUT2D eigenvalue weighted by Crippen LogP contribution is 2.27. The van der Waals surface area contributed by atoms with E-state index < -0.39 is 0 Å². The molecule has 2 N–H and O–H groups in total. The van der Waals surface area contributed by atoms with Crippen molar-refractivity contribution >= 4 is 34.4 Å². The lowest BCUT2D eigenvalue weighted by molar-refractivity contribution is -0.116. The number of hydrogen-bond donors (Lipinski definition) is 2. The number of amides is 1. The van der Waals surface area contributed by atoms with Gasteiger partial charge in [0.25, 0.3) is 0 Å². The Labute approximate surface area is 163 Å². The van der Waals surface area contributed by atoms with Gasteiger partial charge in [0.2, 0.25) is 17.6 Å². The highest BCUT2D eigenvalue weighted by Gasteiger charge is 2.11. The van der Waals surface area contributed by atoms with Crippen LogP contribution in [0.1, 0.15) is 23.6 Å². The number of rotatable bonds is 7. The third-order valence-corrected chi connectivity index (χ3v) is 5.76. The Hall–Kier alpha value is -2.78. The molecular weight excluding hydrogens is 382 g/mol. The summed E-state index contributed by atoms with van der Waals surface area (Å²) in [6.45, 7) is 2.06. The quantitative estimate of drug-likeness (QED) is 0.476. The van der Waals surface area contributed by atoms with Crippen molar-refractivity contribution in [2.45, 2.75) is 26.2 Å². The maximum Gasteiger partial charge on any atom is 0.226 e. The van der Waals surface area contributed by atoms with Crippen LogP contribution < -0.4 is 5.32 Å². The van der Waals surface area contributed by atoms with Crippen molar-refractivity contribution in [2.75, 3.05) is 5.32 Å². The molecule has 0 aliphatic rings. The number of aromatic amines is 1. The van der Waals surface area contributed by atoms with Gasteiger partial charge < -0.3 is 9.84 Å². The zero-order valence-corrected chi connectivity index (χ0v) is 16.2. The van der Waals surface area contributed by atoms with Gasteiger partial charge in [-0.25, -0.2) is 0 Å². The fourth-order valence-corrected chi connectivity index (χ4v) is 4.04. The van der Waals surface area contributed by atoms with Gasteiger partial charge in [-0.15, -0.1) is 22.7 Å². The topological polar surface area (TPSA) is 96.7 Å². The first kappa shape index (κ1) is 17.6. The first-order valence-corrected chi connectivity index (χ1v) is 10.2. The fraction of sp³-hybridized carbons (Fsp3) is 0.222. The molecule has 138 valence electrons. The second-order valence-corrected chi connectivity index (χ2v) is 8.20. The Morgan fingerprint density at radius 3 is 3.00 bits per heavy atom. The van der Waals surface area contributed by atoms with Crippen LogP contribution in [0.2, 0.25) is 0 Å². The van der Waals surface area contributed by atoms with E-state index in [0.717, 1.165) is 15.4 Å². The molecule has 7 nitrogen and oxygen atoms in total. The minimum Gasteiger partial charge on any atom is -0.339 e. The molecule has 4 rings (SSSR count). The van der Waals surface area contributed by atoms with Crippen LogP contribution in [0.25, 0.3) is 21.3 Å². The average Bonchev–Trinajstić information content (AvgIpc) is 3.42. The van der Waals surface area contributed by atoms with Crippen molar-refractivity contribution in [3.05, 3.63) is 46.5 Å². The SMILES string of the molecule is Cc1ccc(-c2cc(NC(=O)CCCc3nc(-c4cccs4)no3)n[nH]2)s1. The van der Waals surface area contributed by atoms with Gasteiger partial charge in [-0.2, -0.15) is 10.1 Å². The van der Waals surface area contributed by atoms with Crippen molar-refractivity contribution in [2.24, 2.45) is 0 Å². The van der Waals surface area contributed by atoms with E-state index in [4.69, 9.17) is 4.52 Å². The normalized spacial score (nSPS) is 11.0. The predicted octanol–water partition coefficient (Wildman–Crippen LogP) is 4.52. The van der Waals surface area contributed by atoms with Crippen molar-refractivity contribution in [3.63, 3.8) is 0 Å². The van der Waals surface area contributed by atoms with E-state index >= 15 is 0 Å². The molecule has 0 saturated carbocycles. The second-order valence-electron chi connectivity index (χ2n) is 5.97. The summed E-state index contributed by atoms with van der Waals surface area (Å²) in [7, 11) is 0. The van der Waals surface area contributed by atoms with Gasteiger partial charge >= 0.3 is 0 Å². The van der Waals surface area contributed by atoms with E-state index in [-0.39, 0.29) is 5.91 Å². The third-order valence-electron chi connectivity index (χ3n) is 3.86. The lowest BCUT2D eigenvalue weighted by Crippen LogP contribution is -2.11. The molecule has 1 amide bonds. The molecule has 0 fully saturated rings. The number of nitrogens with one attached hydrogen (secondary N) is 2. The number of anilines is 1. The monoisotopic (exact) mass is 399 g/mol. The standard InChI is InChI=1S/C18H17N5O2S2/c1-11-7-8-13(27-11)12-10-15(22-21-12)19-16(24)5-2-6-17-20-18(23-25-17)14-4-3-9-26-14/h3-4,7-10H,2,5-6H2,1H3,(H2,19,21,22,24). The first-order chi connectivity index (χ1) is 13.2. The summed E-state index contributed by atoms with van der Waals surface area (Å²) >= 11 is 3.24. The number of aromatic nitrogens is 4. The van der Waals surface area contributed by atoms with Gasteiger partial charge in [-0.05, 0) is 36.9 Å². The molecule has 0 unspecified atom stereocenters. The molecule has 9 heteroatoms. The molecule has 4 aromatic heterocycles. The van der Waals surface area contributed by atoms with Gasteiger partial charge in [0.05, 0.1) is 15.4 Å². The van der Waals surface area contributed by atoms with Gasteiger partial charge in [-0.1, -0.05) is 11.2 Å². The molecule has 27 heavy (non-hydrogen) atoms. The van der Waals surface area contributed by atoms with Gasteiger partial charge in [0, 0.05) is 23.8 Å². The lowest BCUT2D eigenvalue weighted by Gasteiger charge is -1.99. The summed E-state index contributed by atoms with van der Waals surface area (Å²) in [5, 5.41) is 15.8. The Morgan fingerprint density at radius 2 is 2.22 bits per heavy atom. The predicted molar refractivity (Wildman–Crippen MR) is 106 cm³/mol. The summed E-state index contributed by atoms with van der Waals surface area (Å²) in [6.07, 6.45) is 1.54. The average molecular weight is 400 g/mol. The van der Waals surface area contributed by atoms with Crippen molar-refractivity contribution in [3.8, 4) is 21.3 Å². The van der Waals surface area contributed by atoms with E-state index in [1.165, 1.54) is 4.88 Å². The van der Waals surface area contributed by atoms with Gasteiger partial charge in [0.1, 0.15) is 0 Å². The maximum atomic E-state index is 12.1. The van der Waals surface area contributed by atoms with Gasteiger partial charge in [-0.3, -0.25) is 9.89 Å². The van der Waals surface area contributed by atoms with Crippen LogP contribution in [0.15, 0.2) is 40.2 Å². The number of carbonyl (C=O) groups excluding carboxylic acids is 1. The van der Waals surface area contributed by atoms with Crippen LogP contribution in [0, 0.1) is 6.92 Å². The van der Waals surface area contributed by atoms with Crippen LogP contribution in [-0.2, 0) is 11.2 Å². The van der Waals surface area contributed by atoms with E-state index in [9.17, 15) is 4.79 Å². The highest BCUT2D eigenvalue weighted by molar-refractivity contribution is 7.15. The van der Waals surface area contributed by atoms with Crippen molar-refractivity contribution in [1.82, 2.24) is 20.3 Å². The third kappa shape index (κ3) is 4.32. The Morgan fingerprint density at radius 1 is 1.30 bits per heavy atom. The van der Waals surface area contributed by atoms with Crippen LogP contribution >= 0.6 is 22.7 Å². The number of hydrogen-bond acceptors (Lipinski definition) is 7. The van der Waals surface area contributed by atoms with Gasteiger partial charge in [0.15, 0.2) is 5.82 Å². The summed E-state index contributed by atoms with van der Waals surface area (Å²) in [6, 6.07) is 9.83. The molecule has 0 saturated heterocycles. The molecule has 0 bridgehead atoms. The Balaban J connectivity index is 1.26. The molecule has 0 aliphatic heterocycles. The molecule has 4 aromatic rings. The molecular formula is C18H17N5O2S2. The maximum absolute atomic E-state index is 12.1. The second kappa shape index (κ2) is 7.85. The summed E-state index contributed by atoms with van der Waals surface area (Å²) in [4.78, 5) is 19.8. The lowest BCUT2D eigenvalue weighted by atomic mass is 10.2. The van der Waals surface area contributed by atoms with E-state index in [1.807, 2.05) is 29.6 Å². The van der Waals surface area contributed by atoms with Crippen LogP contribution in [0.4, 0.5) is 5.82 Å². The zero-order valence-electron chi connectivity index (χ0n) is 14.6. The number of H-pyrrole nitrogens is 1. The van der Waals surface area contributed by atoms with Crippen LogP contribution in [-0.4, -0.2) is 26.2 Å². The highest BCUT2D eigenvalue weighted by atomic mass is 32.1. The summed E-state index contributed by atoms with van der Waals surface area (Å²) in [5.74, 6) is 1.57. The minimum atomic E-state index is -0.0894. The molecule has 0 aromatic carbocycles. The molecule has 0 aliphatic carbocycles. The fourth-order valence-electron chi connectivity index (χ4n) is 2.56. The van der Waals surface area contributed by atoms with E-state index in [1.54, 1.807) is 22.7 Å².